The summed E-state index contributed by atoms with van der Waals surface area (Å²) in [6, 6.07) is 22.8. The van der Waals surface area contributed by atoms with Gasteiger partial charge in [-0.1, -0.05) is 42.5 Å². The number of aryl methyl sites for hydroxylation is 1. The van der Waals surface area contributed by atoms with E-state index in [0.29, 0.717) is 22.3 Å². The van der Waals surface area contributed by atoms with Gasteiger partial charge in [0.15, 0.2) is 9.84 Å². The van der Waals surface area contributed by atoms with Crippen molar-refractivity contribution in [3.63, 3.8) is 0 Å². The number of fused-ring (bicyclic) bond motifs is 1. The van der Waals surface area contributed by atoms with Crippen LogP contribution >= 0.6 is 0 Å². The van der Waals surface area contributed by atoms with Crippen LogP contribution in [0.4, 0.5) is 0 Å². The van der Waals surface area contributed by atoms with Crippen LogP contribution in [0.15, 0.2) is 71.6 Å². The molecule has 4 aromatic rings. The predicted molar refractivity (Wildman–Crippen MR) is 147 cm³/mol. The summed E-state index contributed by atoms with van der Waals surface area (Å²) in [5.74, 6) is 0.650. The minimum absolute atomic E-state index is 0.296. The van der Waals surface area contributed by atoms with Crippen LogP contribution in [0.25, 0.3) is 33.5 Å². The van der Waals surface area contributed by atoms with Gasteiger partial charge in [-0.05, 0) is 81.0 Å². The molecule has 1 aliphatic heterocycles. The van der Waals surface area contributed by atoms with Gasteiger partial charge in [0.2, 0.25) is 0 Å². The zero-order valence-electron chi connectivity index (χ0n) is 21.5. The molecule has 2 heterocycles. The van der Waals surface area contributed by atoms with Crippen molar-refractivity contribution < 1.29 is 8.42 Å². The lowest BCUT2D eigenvalue weighted by Gasteiger charge is -2.35. The minimum Gasteiger partial charge on any atom is -0.327 e. The molecule has 1 aliphatic rings. The Hall–Kier alpha value is -3.00. The van der Waals surface area contributed by atoms with E-state index in [1.165, 1.54) is 24.7 Å². The van der Waals surface area contributed by atoms with Crippen molar-refractivity contribution >= 4 is 20.9 Å². The van der Waals surface area contributed by atoms with Crippen LogP contribution in [0.5, 0.6) is 0 Å². The third-order valence-electron chi connectivity index (χ3n) is 7.39. The quantitative estimate of drug-likeness (QED) is 0.378. The summed E-state index contributed by atoms with van der Waals surface area (Å²) in [5, 5.41) is 0. The smallest absolute Gasteiger partial charge is 0.176 e. The van der Waals surface area contributed by atoms with Gasteiger partial charge in [0.25, 0.3) is 0 Å². The Morgan fingerprint density at radius 1 is 0.944 bits per heavy atom. The fraction of sp³-hybridized carbons (Fsp3) is 0.345. The van der Waals surface area contributed by atoms with Gasteiger partial charge < -0.3 is 9.47 Å². The zero-order valence-corrected chi connectivity index (χ0v) is 22.3. The molecular formula is C29H34N4O2S. The molecule has 1 saturated heterocycles. The van der Waals surface area contributed by atoms with Gasteiger partial charge in [-0.25, -0.2) is 13.4 Å². The number of hydrogen-bond donors (Lipinski definition) is 0. The fourth-order valence-corrected chi connectivity index (χ4v) is 6.12. The van der Waals surface area contributed by atoms with Crippen LogP contribution in [0, 0.1) is 0 Å². The molecule has 0 N–H and O–H groups in total. The predicted octanol–water partition coefficient (Wildman–Crippen LogP) is 4.84. The molecule has 0 spiro atoms. The summed E-state index contributed by atoms with van der Waals surface area (Å²) in [7, 11) is 2.93. The Kier molecular flexibility index (Phi) is 6.72. The van der Waals surface area contributed by atoms with Crippen LogP contribution in [-0.2, 0) is 23.4 Å². The number of sulfone groups is 1. The summed E-state index contributed by atoms with van der Waals surface area (Å²) in [6.07, 6.45) is 3.70. The highest BCUT2D eigenvalue weighted by Gasteiger charge is 2.21. The molecule has 0 saturated carbocycles. The van der Waals surface area contributed by atoms with Gasteiger partial charge >= 0.3 is 0 Å². The first-order chi connectivity index (χ1) is 17.2. The Balaban J connectivity index is 1.38. The number of hydrogen-bond acceptors (Lipinski definition) is 5. The molecule has 36 heavy (non-hydrogen) atoms. The van der Waals surface area contributed by atoms with Crippen LogP contribution in [-0.4, -0.2) is 67.3 Å². The summed E-state index contributed by atoms with van der Waals surface area (Å²) < 4.78 is 26.7. The van der Waals surface area contributed by atoms with Crippen molar-refractivity contribution in [2.24, 2.45) is 7.05 Å². The number of benzene rings is 3. The van der Waals surface area contributed by atoms with E-state index >= 15 is 0 Å². The number of aromatic nitrogens is 2. The molecule has 1 fully saturated rings. The molecular weight excluding hydrogens is 468 g/mol. The number of piperidine rings is 1. The molecule has 0 amide bonds. The molecule has 0 bridgehead atoms. The summed E-state index contributed by atoms with van der Waals surface area (Å²) >= 11 is 0. The number of nitrogens with zero attached hydrogens (tertiary/aromatic N) is 4. The van der Waals surface area contributed by atoms with Crippen LogP contribution in [0.2, 0.25) is 0 Å². The van der Waals surface area contributed by atoms with Crippen LogP contribution < -0.4 is 0 Å². The van der Waals surface area contributed by atoms with E-state index in [4.69, 9.17) is 4.98 Å². The summed E-state index contributed by atoms with van der Waals surface area (Å²) in [5.41, 5.74) is 6.05. The molecule has 1 aromatic heterocycles. The van der Waals surface area contributed by atoms with Gasteiger partial charge in [-0.15, -0.1) is 0 Å². The van der Waals surface area contributed by atoms with E-state index in [1.54, 1.807) is 12.1 Å². The fourth-order valence-electron chi connectivity index (χ4n) is 5.24. The van der Waals surface area contributed by atoms with Gasteiger partial charge in [0, 0.05) is 31.5 Å². The average molecular weight is 503 g/mol. The SMILES string of the molecule is CN(C)C1CCN(Cc2ccc(-c3ccc4nc(-c5ccccc5S(C)(=O)=O)n(C)c4c3)cc2)CC1. The maximum absolute atomic E-state index is 12.3. The highest BCUT2D eigenvalue weighted by molar-refractivity contribution is 7.90. The van der Waals surface area contributed by atoms with Crippen molar-refractivity contribution in [3.8, 4) is 22.5 Å². The van der Waals surface area contributed by atoms with Crippen molar-refractivity contribution in [1.29, 1.82) is 0 Å². The summed E-state index contributed by atoms with van der Waals surface area (Å²) in [4.78, 5) is 9.97. The number of rotatable bonds is 6. The highest BCUT2D eigenvalue weighted by Crippen LogP contribution is 2.31. The molecule has 3 aromatic carbocycles. The van der Waals surface area contributed by atoms with Crippen molar-refractivity contribution in [2.45, 2.75) is 30.3 Å². The van der Waals surface area contributed by atoms with Gasteiger partial charge in [-0.3, -0.25) is 4.90 Å². The molecule has 7 heteroatoms. The van der Waals surface area contributed by atoms with Crippen LogP contribution in [0.1, 0.15) is 18.4 Å². The molecule has 6 nitrogen and oxygen atoms in total. The van der Waals surface area contributed by atoms with Crippen molar-refractivity contribution in [3.05, 3.63) is 72.3 Å². The molecule has 0 atom stereocenters. The molecule has 188 valence electrons. The van der Waals surface area contributed by atoms with Crippen molar-refractivity contribution in [2.75, 3.05) is 33.4 Å². The number of imidazole rings is 1. The lowest BCUT2D eigenvalue weighted by atomic mass is 10.0. The standard InChI is InChI=1S/C29H34N4O2S/c1-31(2)24-15-17-33(18-16-24)20-21-9-11-22(12-10-21)23-13-14-26-27(19-23)32(3)29(30-26)25-7-5-6-8-28(25)36(4,34)35/h5-14,19,24H,15-18,20H2,1-4H3. The normalized spacial score (nSPS) is 15.7. The average Bonchev–Trinajstić information content (AvgIpc) is 3.20. The van der Waals surface area contributed by atoms with Gasteiger partial charge in [0.1, 0.15) is 5.82 Å². The second-order valence-electron chi connectivity index (χ2n) is 10.1. The topological polar surface area (TPSA) is 58.4 Å². The Bertz CT molecular complexity index is 1480. The Morgan fingerprint density at radius 2 is 1.61 bits per heavy atom. The highest BCUT2D eigenvalue weighted by atomic mass is 32.2. The first-order valence-corrected chi connectivity index (χ1v) is 14.3. The third-order valence-corrected chi connectivity index (χ3v) is 8.54. The maximum Gasteiger partial charge on any atom is 0.176 e. The first kappa shape index (κ1) is 24.7. The molecule has 5 rings (SSSR count). The Labute approximate surface area is 214 Å². The largest absolute Gasteiger partial charge is 0.327 e. The molecule has 0 radical (unpaired) electrons. The van der Waals surface area contributed by atoms with E-state index in [0.717, 1.165) is 41.8 Å². The summed E-state index contributed by atoms with van der Waals surface area (Å²) in [6.45, 7) is 3.28. The van der Waals surface area contributed by atoms with Crippen molar-refractivity contribution in [1.82, 2.24) is 19.4 Å². The Morgan fingerprint density at radius 3 is 2.28 bits per heavy atom. The molecule has 0 unspecified atom stereocenters. The number of likely N-dealkylation sites (tertiary alicyclic amines) is 1. The van der Waals surface area contributed by atoms with Crippen LogP contribution in [0.3, 0.4) is 0 Å². The van der Waals surface area contributed by atoms with Gasteiger partial charge in [0.05, 0.1) is 15.9 Å². The van der Waals surface area contributed by atoms with E-state index in [-0.39, 0.29) is 0 Å². The van der Waals surface area contributed by atoms with E-state index < -0.39 is 9.84 Å². The van der Waals surface area contributed by atoms with E-state index in [9.17, 15) is 8.42 Å². The van der Waals surface area contributed by atoms with Gasteiger partial charge in [-0.2, -0.15) is 0 Å². The lowest BCUT2D eigenvalue weighted by molar-refractivity contribution is 0.140. The zero-order chi connectivity index (χ0) is 25.4. The lowest BCUT2D eigenvalue weighted by Crippen LogP contribution is -2.41. The monoisotopic (exact) mass is 502 g/mol. The third kappa shape index (κ3) is 4.96. The maximum atomic E-state index is 12.3. The molecule has 0 aliphatic carbocycles. The van der Waals surface area contributed by atoms with E-state index in [2.05, 4.69) is 60.3 Å². The second kappa shape index (κ2) is 9.81. The first-order valence-electron chi connectivity index (χ1n) is 12.4. The van der Waals surface area contributed by atoms with E-state index in [1.807, 2.05) is 29.8 Å². The second-order valence-corrected chi connectivity index (χ2v) is 12.1. The minimum atomic E-state index is -3.37.